The van der Waals surface area contributed by atoms with Gasteiger partial charge in [0.05, 0.1) is 26.5 Å². The maximum atomic E-state index is 12.7. The quantitative estimate of drug-likeness (QED) is 0.395. The maximum Gasteiger partial charge on any atom is 0.239 e. The zero-order valence-corrected chi connectivity index (χ0v) is 21.1. The van der Waals surface area contributed by atoms with Crippen molar-refractivity contribution in [3.8, 4) is 11.6 Å². The maximum absolute atomic E-state index is 12.7. The fourth-order valence-corrected chi connectivity index (χ4v) is 4.57. The molecule has 3 heterocycles. The van der Waals surface area contributed by atoms with Gasteiger partial charge in [-0.2, -0.15) is 10.1 Å². The Morgan fingerprint density at radius 2 is 1.62 bits per heavy atom. The highest BCUT2D eigenvalue weighted by molar-refractivity contribution is 5.94. The number of anilines is 2. The van der Waals surface area contributed by atoms with Crippen LogP contribution in [0.5, 0.6) is 11.6 Å². The lowest BCUT2D eigenvalue weighted by atomic mass is 10.0. The number of fused-ring (bicyclic) bond motifs is 1. The van der Waals surface area contributed by atoms with E-state index >= 15 is 0 Å². The number of hydrogen-bond donors (Lipinski definition) is 1. The normalized spacial score (nSPS) is 13.9. The van der Waals surface area contributed by atoms with E-state index in [1.54, 1.807) is 19.2 Å². The van der Waals surface area contributed by atoms with Crippen molar-refractivity contribution in [2.45, 2.75) is 6.42 Å². The van der Waals surface area contributed by atoms with Crippen LogP contribution in [0, 0.1) is 0 Å². The molecule has 0 radical (unpaired) electrons. The first kappa shape index (κ1) is 24.5. The van der Waals surface area contributed by atoms with Crippen LogP contribution in [0.2, 0.25) is 0 Å². The van der Waals surface area contributed by atoms with Gasteiger partial charge < -0.3 is 19.7 Å². The molecule has 1 aliphatic rings. The smallest absolute Gasteiger partial charge is 0.239 e. The zero-order chi connectivity index (χ0) is 25.6. The van der Waals surface area contributed by atoms with Crippen LogP contribution in [0.4, 0.5) is 11.6 Å². The van der Waals surface area contributed by atoms with E-state index in [4.69, 9.17) is 9.47 Å². The molecule has 1 saturated heterocycles. The van der Waals surface area contributed by atoms with Gasteiger partial charge in [0, 0.05) is 55.5 Å². The molecule has 0 aliphatic carbocycles. The number of amides is 1. The van der Waals surface area contributed by atoms with Crippen molar-refractivity contribution in [2.75, 3.05) is 57.2 Å². The molecule has 1 amide bonds. The molecule has 1 fully saturated rings. The lowest BCUT2D eigenvalue weighted by Crippen LogP contribution is -2.49. The standard InChI is InChI=1S/C28H30N6O3/c1-36-21-17-25(30-27(18-21)37-2)29-26(35)19-33-12-14-34(15-13-33)28-23-11-7-6-10-22(23)24(31-32-28)16-20-8-4-3-5-9-20/h3-11,17-18H,12-16,19H2,1-2H3,(H,29,30,35). The highest BCUT2D eigenvalue weighted by atomic mass is 16.5. The Balaban J connectivity index is 1.23. The number of rotatable bonds is 8. The summed E-state index contributed by atoms with van der Waals surface area (Å²) in [6.07, 6.45) is 0.742. The second-order valence-electron chi connectivity index (χ2n) is 8.92. The Hall–Kier alpha value is -4.24. The van der Waals surface area contributed by atoms with Crippen LogP contribution < -0.4 is 19.7 Å². The highest BCUT2D eigenvalue weighted by Gasteiger charge is 2.23. The second kappa shape index (κ2) is 11.2. The van der Waals surface area contributed by atoms with Crippen molar-refractivity contribution in [1.29, 1.82) is 0 Å². The lowest BCUT2D eigenvalue weighted by Gasteiger charge is -2.35. The Labute approximate surface area is 216 Å². The van der Waals surface area contributed by atoms with E-state index in [0.29, 0.717) is 17.4 Å². The third kappa shape index (κ3) is 5.78. The van der Waals surface area contributed by atoms with Crippen molar-refractivity contribution in [3.05, 3.63) is 78.0 Å². The number of methoxy groups -OCH3 is 2. The van der Waals surface area contributed by atoms with Crippen molar-refractivity contribution in [2.24, 2.45) is 0 Å². The Morgan fingerprint density at radius 3 is 2.35 bits per heavy atom. The number of benzene rings is 2. The molecule has 9 heteroatoms. The van der Waals surface area contributed by atoms with Crippen molar-refractivity contribution in [3.63, 3.8) is 0 Å². The van der Waals surface area contributed by atoms with Gasteiger partial charge in [-0.05, 0) is 5.56 Å². The molecule has 9 nitrogen and oxygen atoms in total. The molecular formula is C28H30N6O3. The lowest BCUT2D eigenvalue weighted by molar-refractivity contribution is -0.117. The van der Waals surface area contributed by atoms with Crippen LogP contribution in [-0.2, 0) is 11.2 Å². The predicted molar refractivity (Wildman–Crippen MR) is 143 cm³/mol. The minimum atomic E-state index is -0.133. The van der Waals surface area contributed by atoms with E-state index in [-0.39, 0.29) is 12.5 Å². The van der Waals surface area contributed by atoms with Gasteiger partial charge in [-0.15, -0.1) is 5.10 Å². The van der Waals surface area contributed by atoms with E-state index in [0.717, 1.165) is 54.9 Å². The van der Waals surface area contributed by atoms with E-state index in [9.17, 15) is 4.79 Å². The summed E-state index contributed by atoms with van der Waals surface area (Å²) in [6.45, 7) is 3.27. The van der Waals surface area contributed by atoms with Gasteiger partial charge in [0.1, 0.15) is 11.6 Å². The Morgan fingerprint density at radius 1 is 0.892 bits per heavy atom. The van der Waals surface area contributed by atoms with Crippen molar-refractivity contribution in [1.82, 2.24) is 20.1 Å². The minimum absolute atomic E-state index is 0.133. The van der Waals surface area contributed by atoms with Crippen LogP contribution in [0.1, 0.15) is 11.3 Å². The molecule has 0 bridgehead atoms. The zero-order valence-electron chi connectivity index (χ0n) is 21.1. The van der Waals surface area contributed by atoms with Gasteiger partial charge in [0.2, 0.25) is 11.8 Å². The topological polar surface area (TPSA) is 92.7 Å². The van der Waals surface area contributed by atoms with Crippen molar-refractivity contribution >= 4 is 28.3 Å². The van der Waals surface area contributed by atoms with Gasteiger partial charge in [0.15, 0.2) is 5.82 Å². The number of carbonyl (C=O) groups is 1. The number of carbonyl (C=O) groups excluding carboxylic acids is 1. The van der Waals surface area contributed by atoms with E-state index in [1.807, 2.05) is 30.3 Å². The summed E-state index contributed by atoms with van der Waals surface area (Å²) >= 11 is 0. The fourth-order valence-electron chi connectivity index (χ4n) is 4.57. The van der Waals surface area contributed by atoms with Crippen LogP contribution in [0.3, 0.4) is 0 Å². The van der Waals surface area contributed by atoms with Crippen LogP contribution in [-0.4, -0.2) is 72.9 Å². The average molecular weight is 499 g/mol. The number of nitrogens with one attached hydrogen (secondary N) is 1. The van der Waals surface area contributed by atoms with Crippen LogP contribution in [0.15, 0.2) is 66.7 Å². The molecule has 5 rings (SSSR count). The number of nitrogens with zero attached hydrogens (tertiary/aromatic N) is 5. The molecule has 190 valence electrons. The molecule has 37 heavy (non-hydrogen) atoms. The second-order valence-corrected chi connectivity index (χ2v) is 8.92. The largest absolute Gasteiger partial charge is 0.496 e. The molecule has 1 N–H and O–H groups in total. The number of piperazine rings is 1. The first-order valence-electron chi connectivity index (χ1n) is 12.3. The van der Waals surface area contributed by atoms with E-state index < -0.39 is 0 Å². The third-order valence-corrected chi connectivity index (χ3v) is 6.49. The molecule has 0 saturated carbocycles. The molecule has 0 atom stereocenters. The van der Waals surface area contributed by atoms with Gasteiger partial charge in [-0.1, -0.05) is 54.6 Å². The third-order valence-electron chi connectivity index (χ3n) is 6.49. The summed E-state index contributed by atoms with van der Waals surface area (Å²) in [4.78, 5) is 21.3. The van der Waals surface area contributed by atoms with E-state index in [2.05, 4.69) is 54.6 Å². The summed E-state index contributed by atoms with van der Waals surface area (Å²) in [6, 6.07) is 22.0. The molecule has 2 aromatic heterocycles. The monoisotopic (exact) mass is 498 g/mol. The molecule has 1 aliphatic heterocycles. The van der Waals surface area contributed by atoms with E-state index in [1.165, 1.54) is 12.7 Å². The minimum Gasteiger partial charge on any atom is -0.496 e. The van der Waals surface area contributed by atoms with Crippen molar-refractivity contribution < 1.29 is 14.3 Å². The number of hydrogen-bond acceptors (Lipinski definition) is 8. The summed E-state index contributed by atoms with van der Waals surface area (Å²) in [5, 5.41) is 14.3. The Bertz CT molecular complexity index is 1350. The average Bonchev–Trinajstić information content (AvgIpc) is 2.94. The van der Waals surface area contributed by atoms with Gasteiger partial charge in [-0.3, -0.25) is 9.69 Å². The summed E-state index contributed by atoms with van der Waals surface area (Å²) in [5.74, 6) is 2.11. The fraction of sp³-hybridized carbons (Fsp3) is 0.286. The number of ether oxygens (including phenoxy) is 2. The first-order valence-corrected chi connectivity index (χ1v) is 12.3. The Kier molecular flexibility index (Phi) is 7.41. The molecule has 0 unspecified atom stereocenters. The molecule has 2 aromatic carbocycles. The van der Waals surface area contributed by atoms with Gasteiger partial charge in [0.25, 0.3) is 0 Å². The van der Waals surface area contributed by atoms with Crippen LogP contribution in [0.25, 0.3) is 10.8 Å². The summed E-state index contributed by atoms with van der Waals surface area (Å²) < 4.78 is 10.4. The number of aromatic nitrogens is 3. The van der Waals surface area contributed by atoms with Gasteiger partial charge >= 0.3 is 0 Å². The predicted octanol–water partition coefficient (Wildman–Crippen LogP) is 3.39. The van der Waals surface area contributed by atoms with Crippen LogP contribution >= 0.6 is 0 Å². The highest BCUT2D eigenvalue weighted by Crippen LogP contribution is 2.28. The molecule has 0 spiro atoms. The summed E-state index contributed by atoms with van der Waals surface area (Å²) in [7, 11) is 3.08. The number of pyridine rings is 1. The summed E-state index contributed by atoms with van der Waals surface area (Å²) in [5.41, 5.74) is 2.19. The molecule has 4 aromatic rings. The molecular weight excluding hydrogens is 468 g/mol. The van der Waals surface area contributed by atoms with Gasteiger partial charge in [-0.25, -0.2) is 0 Å². The first-order chi connectivity index (χ1) is 18.1. The SMILES string of the molecule is COc1cc(NC(=O)CN2CCN(c3nnc(Cc4ccccc4)c4ccccc34)CC2)nc(OC)c1.